The second-order valence-corrected chi connectivity index (χ2v) is 9.56. The number of hydrogen-bond donors (Lipinski definition) is 0. The van der Waals surface area contributed by atoms with Crippen LogP contribution in [0.4, 0.5) is 0 Å². The standard InChI is InChI=1S/C25H30/c1-17(2)21-5-3-6-22(12-21)23-7-4-8-24(13-23)25-14-18-9-19(15-25)11-20(10-18)16-25/h3-8,12-13,17-20H,9-11,14-16H2,1-2H3. The molecule has 4 bridgehead atoms. The molecule has 0 saturated heterocycles. The van der Waals surface area contributed by atoms with Crippen molar-refractivity contribution >= 4 is 0 Å². The van der Waals surface area contributed by atoms with Crippen LogP contribution >= 0.6 is 0 Å². The van der Waals surface area contributed by atoms with Gasteiger partial charge in [-0.1, -0.05) is 62.4 Å². The van der Waals surface area contributed by atoms with Crippen LogP contribution in [-0.2, 0) is 5.41 Å². The maximum atomic E-state index is 2.53. The van der Waals surface area contributed by atoms with E-state index in [4.69, 9.17) is 0 Å². The Morgan fingerprint density at radius 2 is 1.32 bits per heavy atom. The van der Waals surface area contributed by atoms with Gasteiger partial charge >= 0.3 is 0 Å². The van der Waals surface area contributed by atoms with E-state index in [0.29, 0.717) is 11.3 Å². The summed E-state index contributed by atoms with van der Waals surface area (Å²) in [5.74, 6) is 3.63. The summed E-state index contributed by atoms with van der Waals surface area (Å²) in [7, 11) is 0. The molecule has 0 unspecified atom stereocenters. The van der Waals surface area contributed by atoms with Crippen molar-refractivity contribution in [1.29, 1.82) is 0 Å². The molecule has 0 spiro atoms. The molecule has 0 amide bonds. The molecular formula is C25H30. The average molecular weight is 331 g/mol. The third-order valence-electron chi connectivity index (χ3n) is 7.40. The van der Waals surface area contributed by atoms with Gasteiger partial charge in [0.15, 0.2) is 0 Å². The highest BCUT2D eigenvalue weighted by Gasteiger charge is 2.51. The molecule has 6 rings (SSSR count). The summed E-state index contributed by atoms with van der Waals surface area (Å²) >= 11 is 0. The van der Waals surface area contributed by atoms with Crippen molar-refractivity contribution in [2.24, 2.45) is 17.8 Å². The van der Waals surface area contributed by atoms with E-state index in [1.165, 1.54) is 55.2 Å². The van der Waals surface area contributed by atoms with Crippen molar-refractivity contribution in [3.05, 3.63) is 59.7 Å². The number of hydrogen-bond acceptors (Lipinski definition) is 0. The fourth-order valence-electron chi connectivity index (χ4n) is 6.57. The van der Waals surface area contributed by atoms with Crippen LogP contribution in [0.3, 0.4) is 0 Å². The zero-order chi connectivity index (χ0) is 17.0. The molecule has 2 aromatic rings. The van der Waals surface area contributed by atoms with Gasteiger partial charge in [0.2, 0.25) is 0 Å². The van der Waals surface area contributed by atoms with Gasteiger partial charge in [-0.05, 0) is 89.9 Å². The Morgan fingerprint density at radius 3 is 1.92 bits per heavy atom. The summed E-state index contributed by atoms with van der Waals surface area (Å²) < 4.78 is 0. The van der Waals surface area contributed by atoms with Crippen molar-refractivity contribution in [3.63, 3.8) is 0 Å². The van der Waals surface area contributed by atoms with E-state index in [-0.39, 0.29) is 0 Å². The Hall–Kier alpha value is -1.56. The average Bonchev–Trinajstić information content (AvgIpc) is 2.61. The summed E-state index contributed by atoms with van der Waals surface area (Å²) in [4.78, 5) is 0. The van der Waals surface area contributed by atoms with Gasteiger partial charge in [-0.25, -0.2) is 0 Å². The van der Waals surface area contributed by atoms with Crippen LogP contribution in [0, 0.1) is 17.8 Å². The maximum Gasteiger partial charge on any atom is -0.00388 e. The quantitative estimate of drug-likeness (QED) is 0.571. The molecule has 0 atom stereocenters. The highest BCUT2D eigenvalue weighted by Crippen LogP contribution is 2.60. The second kappa shape index (κ2) is 5.73. The molecule has 4 fully saturated rings. The van der Waals surface area contributed by atoms with Crippen molar-refractivity contribution in [2.75, 3.05) is 0 Å². The van der Waals surface area contributed by atoms with Crippen molar-refractivity contribution in [3.8, 4) is 11.1 Å². The minimum Gasteiger partial charge on any atom is -0.0614 e. The van der Waals surface area contributed by atoms with E-state index in [1.54, 1.807) is 5.56 Å². The van der Waals surface area contributed by atoms with E-state index in [0.717, 1.165) is 17.8 Å². The van der Waals surface area contributed by atoms with E-state index < -0.39 is 0 Å². The van der Waals surface area contributed by atoms with Crippen LogP contribution in [0.15, 0.2) is 48.5 Å². The minimum absolute atomic E-state index is 0.500. The molecule has 0 aliphatic heterocycles. The van der Waals surface area contributed by atoms with Gasteiger partial charge in [0, 0.05) is 0 Å². The molecule has 0 aromatic heterocycles. The maximum absolute atomic E-state index is 2.53. The topological polar surface area (TPSA) is 0 Å². The molecule has 0 nitrogen and oxygen atoms in total. The Bertz CT molecular complexity index is 747. The van der Waals surface area contributed by atoms with Crippen molar-refractivity contribution in [1.82, 2.24) is 0 Å². The molecule has 0 heterocycles. The highest BCUT2D eigenvalue weighted by atomic mass is 14.6. The SMILES string of the molecule is CC(C)c1cccc(-c2cccc(C34CC5CC(CC(C5)C3)C4)c2)c1. The third-order valence-corrected chi connectivity index (χ3v) is 7.40. The van der Waals surface area contributed by atoms with Gasteiger partial charge in [-0.3, -0.25) is 0 Å². The van der Waals surface area contributed by atoms with Crippen LogP contribution in [0.1, 0.15) is 69.4 Å². The zero-order valence-electron chi connectivity index (χ0n) is 15.7. The molecule has 0 radical (unpaired) electrons. The Kier molecular flexibility index (Phi) is 3.59. The summed E-state index contributed by atoms with van der Waals surface area (Å²) in [6, 6.07) is 18.7. The minimum atomic E-state index is 0.500. The third kappa shape index (κ3) is 2.65. The van der Waals surface area contributed by atoms with Crippen LogP contribution in [0.5, 0.6) is 0 Å². The lowest BCUT2D eigenvalue weighted by Gasteiger charge is -2.57. The highest BCUT2D eigenvalue weighted by molar-refractivity contribution is 5.65. The lowest BCUT2D eigenvalue weighted by Crippen LogP contribution is -2.48. The lowest BCUT2D eigenvalue weighted by atomic mass is 9.48. The van der Waals surface area contributed by atoms with Crippen LogP contribution in [0.2, 0.25) is 0 Å². The number of rotatable bonds is 3. The van der Waals surface area contributed by atoms with E-state index in [2.05, 4.69) is 62.4 Å². The predicted molar refractivity (Wildman–Crippen MR) is 106 cm³/mol. The van der Waals surface area contributed by atoms with Gasteiger partial charge in [0.05, 0.1) is 0 Å². The van der Waals surface area contributed by atoms with Gasteiger partial charge in [-0.2, -0.15) is 0 Å². The summed E-state index contributed by atoms with van der Waals surface area (Å²) in [6.45, 7) is 4.57. The molecule has 25 heavy (non-hydrogen) atoms. The smallest absolute Gasteiger partial charge is 0.00388 e. The normalized spacial score (nSPS) is 33.2. The molecule has 0 heteroatoms. The van der Waals surface area contributed by atoms with Crippen LogP contribution < -0.4 is 0 Å². The van der Waals surface area contributed by atoms with E-state index >= 15 is 0 Å². The zero-order valence-corrected chi connectivity index (χ0v) is 15.7. The fraction of sp³-hybridized carbons (Fsp3) is 0.520. The lowest BCUT2D eigenvalue weighted by molar-refractivity contribution is -0.00516. The fourth-order valence-corrected chi connectivity index (χ4v) is 6.57. The van der Waals surface area contributed by atoms with Crippen LogP contribution in [0.25, 0.3) is 11.1 Å². The Labute approximate surface area is 152 Å². The summed E-state index contributed by atoms with van der Waals surface area (Å²) in [5.41, 5.74) is 6.38. The van der Waals surface area contributed by atoms with Gasteiger partial charge in [-0.15, -0.1) is 0 Å². The second-order valence-electron chi connectivity index (χ2n) is 9.56. The predicted octanol–water partition coefficient (Wildman–Crippen LogP) is 6.94. The van der Waals surface area contributed by atoms with E-state index in [1.807, 2.05) is 0 Å². The first kappa shape index (κ1) is 15.7. The molecular weight excluding hydrogens is 300 g/mol. The van der Waals surface area contributed by atoms with Crippen LogP contribution in [-0.4, -0.2) is 0 Å². The Balaban J connectivity index is 1.53. The molecule has 130 valence electrons. The van der Waals surface area contributed by atoms with Gasteiger partial charge in [0.25, 0.3) is 0 Å². The largest absolute Gasteiger partial charge is 0.0614 e. The van der Waals surface area contributed by atoms with Crippen molar-refractivity contribution < 1.29 is 0 Å². The van der Waals surface area contributed by atoms with Gasteiger partial charge in [0.1, 0.15) is 0 Å². The first-order valence-electron chi connectivity index (χ1n) is 10.3. The molecule has 4 aliphatic carbocycles. The molecule has 4 aliphatic rings. The van der Waals surface area contributed by atoms with Gasteiger partial charge < -0.3 is 0 Å². The number of benzene rings is 2. The molecule has 4 saturated carbocycles. The Morgan fingerprint density at radius 1 is 0.760 bits per heavy atom. The first-order valence-corrected chi connectivity index (χ1v) is 10.3. The first-order chi connectivity index (χ1) is 12.1. The molecule has 0 N–H and O–H groups in total. The molecule has 2 aromatic carbocycles. The summed E-state index contributed by atoms with van der Waals surface area (Å²) in [6.07, 6.45) is 8.93. The van der Waals surface area contributed by atoms with Crippen molar-refractivity contribution in [2.45, 2.75) is 63.7 Å². The summed E-state index contributed by atoms with van der Waals surface area (Å²) in [5, 5.41) is 0. The monoisotopic (exact) mass is 330 g/mol. The van der Waals surface area contributed by atoms with E-state index in [9.17, 15) is 0 Å².